The van der Waals surface area contributed by atoms with E-state index in [1.54, 1.807) is 12.1 Å². The number of alkyl halides is 1. The molecule has 0 aliphatic carbocycles. The minimum Gasteiger partial charge on any atom is -0.396 e. The molecule has 1 rings (SSSR count). The van der Waals surface area contributed by atoms with Crippen molar-refractivity contribution in [2.75, 3.05) is 6.61 Å². The first-order chi connectivity index (χ1) is 6.65. The number of Topliss-reactive ketones (excluding diaryl/α,β-unsaturated/α-hetero) is 1. The molecular weight excluding hydrogens is 253 g/mol. The van der Waals surface area contributed by atoms with Crippen LogP contribution in [0.25, 0.3) is 0 Å². The molecule has 0 saturated carbocycles. The third-order valence-corrected chi connectivity index (χ3v) is 2.08. The molecule has 1 heterocycles. The smallest absolute Gasteiger partial charge is 0.215 e. The standard InChI is InChI=1S/C9H9BrFNO2/c10-8-3-1-2-7(12-8)9(14)6(11)4-5-13/h1-3,6,13H,4-5H2. The molecule has 0 amide bonds. The van der Waals surface area contributed by atoms with Gasteiger partial charge in [0, 0.05) is 13.0 Å². The monoisotopic (exact) mass is 261 g/mol. The first kappa shape index (κ1) is 11.3. The highest BCUT2D eigenvalue weighted by Crippen LogP contribution is 2.11. The number of ketones is 1. The van der Waals surface area contributed by atoms with Crippen LogP contribution in [0.4, 0.5) is 4.39 Å². The van der Waals surface area contributed by atoms with E-state index in [0.717, 1.165) is 0 Å². The molecule has 0 aliphatic heterocycles. The first-order valence-corrected chi connectivity index (χ1v) is 4.86. The summed E-state index contributed by atoms with van der Waals surface area (Å²) >= 11 is 3.08. The Labute approximate surface area is 89.1 Å². The number of hydrogen-bond donors (Lipinski definition) is 1. The van der Waals surface area contributed by atoms with Crippen molar-refractivity contribution >= 4 is 21.7 Å². The maximum Gasteiger partial charge on any atom is 0.215 e. The highest BCUT2D eigenvalue weighted by atomic mass is 79.9. The van der Waals surface area contributed by atoms with Gasteiger partial charge in [-0.2, -0.15) is 0 Å². The van der Waals surface area contributed by atoms with Gasteiger partial charge in [0.05, 0.1) is 0 Å². The van der Waals surface area contributed by atoms with Gasteiger partial charge in [-0.25, -0.2) is 9.37 Å². The molecule has 0 spiro atoms. The Morgan fingerprint density at radius 1 is 1.64 bits per heavy atom. The van der Waals surface area contributed by atoms with Gasteiger partial charge in [-0.1, -0.05) is 6.07 Å². The predicted molar refractivity (Wildman–Crippen MR) is 52.9 cm³/mol. The molecule has 1 atom stereocenters. The van der Waals surface area contributed by atoms with Crippen molar-refractivity contribution < 1.29 is 14.3 Å². The lowest BCUT2D eigenvalue weighted by Gasteiger charge is -2.04. The van der Waals surface area contributed by atoms with Crippen LogP contribution < -0.4 is 0 Å². The van der Waals surface area contributed by atoms with Crippen molar-refractivity contribution in [1.29, 1.82) is 0 Å². The molecule has 0 bridgehead atoms. The quantitative estimate of drug-likeness (QED) is 0.664. The second-order valence-electron chi connectivity index (χ2n) is 2.69. The van der Waals surface area contributed by atoms with Crippen molar-refractivity contribution in [2.24, 2.45) is 0 Å². The fourth-order valence-electron chi connectivity index (χ4n) is 0.950. The van der Waals surface area contributed by atoms with Crippen molar-refractivity contribution in [1.82, 2.24) is 4.98 Å². The van der Waals surface area contributed by atoms with E-state index < -0.39 is 12.0 Å². The van der Waals surface area contributed by atoms with Gasteiger partial charge in [0.15, 0.2) is 6.17 Å². The van der Waals surface area contributed by atoms with Crippen molar-refractivity contribution in [3.63, 3.8) is 0 Å². The molecule has 0 radical (unpaired) electrons. The number of aliphatic hydroxyl groups is 1. The molecule has 0 saturated heterocycles. The summed E-state index contributed by atoms with van der Waals surface area (Å²) in [6.45, 7) is -0.346. The number of rotatable bonds is 4. The fraction of sp³-hybridized carbons (Fsp3) is 0.333. The van der Waals surface area contributed by atoms with Crippen molar-refractivity contribution in [2.45, 2.75) is 12.6 Å². The minimum absolute atomic E-state index is 0.0697. The predicted octanol–water partition coefficient (Wildman–Crippen LogP) is 1.75. The van der Waals surface area contributed by atoms with Gasteiger partial charge in [0.25, 0.3) is 0 Å². The average Bonchev–Trinajstić information content (AvgIpc) is 2.17. The Hall–Kier alpha value is -0.810. The second kappa shape index (κ2) is 5.17. The van der Waals surface area contributed by atoms with Gasteiger partial charge in [-0.05, 0) is 28.1 Å². The third-order valence-electron chi connectivity index (χ3n) is 1.63. The SMILES string of the molecule is O=C(c1cccc(Br)n1)C(F)CCO. The molecule has 1 aromatic heterocycles. The Morgan fingerprint density at radius 2 is 2.36 bits per heavy atom. The summed E-state index contributed by atoms with van der Waals surface area (Å²) in [5.41, 5.74) is 0.0697. The largest absolute Gasteiger partial charge is 0.396 e. The Bertz CT molecular complexity index is 332. The lowest BCUT2D eigenvalue weighted by molar-refractivity contribution is 0.0840. The molecule has 1 unspecified atom stereocenters. The summed E-state index contributed by atoms with van der Waals surface area (Å²) in [5, 5.41) is 8.47. The van der Waals surface area contributed by atoms with Gasteiger partial charge in [-0.15, -0.1) is 0 Å². The normalized spacial score (nSPS) is 12.5. The lowest BCUT2D eigenvalue weighted by atomic mass is 10.1. The molecule has 0 fully saturated rings. The number of aliphatic hydroxyl groups excluding tert-OH is 1. The van der Waals surface area contributed by atoms with Crippen molar-refractivity contribution in [3.8, 4) is 0 Å². The Morgan fingerprint density at radius 3 is 2.93 bits per heavy atom. The van der Waals surface area contributed by atoms with E-state index in [0.29, 0.717) is 4.60 Å². The molecule has 3 nitrogen and oxygen atoms in total. The van der Waals surface area contributed by atoms with Crippen LogP contribution in [-0.4, -0.2) is 28.7 Å². The van der Waals surface area contributed by atoms with Crippen LogP contribution >= 0.6 is 15.9 Å². The molecule has 0 aromatic carbocycles. The van der Waals surface area contributed by atoms with E-state index in [4.69, 9.17) is 5.11 Å². The highest BCUT2D eigenvalue weighted by molar-refractivity contribution is 9.10. The zero-order chi connectivity index (χ0) is 10.6. The van der Waals surface area contributed by atoms with Gasteiger partial charge in [0.2, 0.25) is 5.78 Å². The second-order valence-corrected chi connectivity index (χ2v) is 3.50. The van der Waals surface area contributed by atoms with Crippen LogP contribution in [0.15, 0.2) is 22.8 Å². The summed E-state index contributed by atoms with van der Waals surface area (Å²) in [4.78, 5) is 15.1. The van der Waals surface area contributed by atoms with E-state index in [9.17, 15) is 9.18 Å². The zero-order valence-electron chi connectivity index (χ0n) is 7.28. The molecular formula is C9H9BrFNO2. The Balaban J connectivity index is 2.78. The number of aromatic nitrogens is 1. The fourth-order valence-corrected chi connectivity index (χ4v) is 1.29. The van der Waals surface area contributed by atoms with E-state index >= 15 is 0 Å². The van der Waals surface area contributed by atoms with Crippen LogP contribution in [0.2, 0.25) is 0 Å². The number of pyridine rings is 1. The summed E-state index contributed by atoms with van der Waals surface area (Å²) in [7, 11) is 0. The topological polar surface area (TPSA) is 50.2 Å². The molecule has 1 N–H and O–H groups in total. The summed E-state index contributed by atoms with van der Waals surface area (Å²) in [6.07, 6.45) is -1.87. The maximum atomic E-state index is 13.0. The van der Waals surface area contributed by atoms with Crippen LogP contribution in [0, 0.1) is 0 Å². The van der Waals surface area contributed by atoms with Crippen LogP contribution in [-0.2, 0) is 0 Å². The van der Waals surface area contributed by atoms with Gasteiger partial charge in [0.1, 0.15) is 10.3 Å². The van der Waals surface area contributed by atoms with Gasteiger partial charge < -0.3 is 5.11 Å². The van der Waals surface area contributed by atoms with E-state index in [-0.39, 0.29) is 18.7 Å². The van der Waals surface area contributed by atoms with Crippen LogP contribution in [0.3, 0.4) is 0 Å². The van der Waals surface area contributed by atoms with Gasteiger partial charge in [-0.3, -0.25) is 4.79 Å². The summed E-state index contributed by atoms with van der Waals surface area (Å²) in [6, 6.07) is 4.70. The Kier molecular flexibility index (Phi) is 4.16. The number of nitrogens with zero attached hydrogens (tertiary/aromatic N) is 1. The molecule has 5 heteroatoms. The average molecular weight is 262 g/mol. The maximum absolute atomic E-state index is 13.0. The summed E-state index contributed by atoms with van der Waals surface area (Å²) in [5.74, 6) is -0.694. The van der Waals surface area contributed by atoms with Crippen LogP contribution in [0.5, 0.6) is 0 Å². The zero-order valence-corrected chi connectivity index (χ0v) is 8.87. The number of hydrogen-bond acceptors (Lipinski definition) is 3. The van der Waals surface area contributed by atoms with E-state index in [1.165, 1.54) is 6.07 Å². The third kappa shape index (κ3) is 2.85. The summed E-state index contributed by atoms with van der Waals surface area (Å²) < 4.78 is 13.5. The first-order valence-electron chi connectivity index (χ1n) is 4.07. The number of halogens is 2. The number of carbonyl (C=O) groups is 1. The van der Waals surface area contributed by atoms with E-state index in [1.807, 2.05) is 0 Å². The van der Waals surface area contributed by atoms with Crippen molar-refractivity contribution in [3.05, 3.63) is 28.5 Å². The van der Waals surface area contributed by atoms with Crippen LogP contribution in [0.1, 0.15) is 16.9 Å². The van der Waals surface area contributed by atoms with Gasteiger partial charge >= 0.3 is 0 Å². The molecule has 76 valence electrons. The number of carbonyl (C=O) groups excluding carboxylic acids is 1. The molecule has 1 aromatic rings. The lowest BCUT2D eigenvalue weighted by Crippen LogP contribution is -2.18. The van der Waals surface area contributed by atoms with E-state index in [2.05, 4.69) is 20.9 Å². The molecule has 14 heavy (non-hydrogen) atoms. The highest BCUT2D eigenvalue weighted by Gasteiger charge is 2.19. The molecule has 0 aliphatic rings. The minimum atomic E-state index is -1.68.